The van der Waals surface area contributed by atoms with Crippen molar-refractivity contribution < 1.29 is 18.7 Å². The quantitative estimate of drug-likeness (QED) is 0.637. The summed E-state index contributed by atoms with van der Waals surface area (Å²) in [6, 6.07) is 6.59. The summed E-state index contributed by atoms with van der Waals surface area (Å²) in [5, 5.41) is 0.717. The van der Waals surface area contributed by atoms with E-state index in [1.54, 1.807) is 31.2 Å². The Labute approximate surface area is 109 Å². The van der Waals surface area contributed by atoms with Gasteiger partial charge < -0.3 is 20.6 Å². The van der Waals surface area contributed by atoms with Crippen LogP contribution in [0, 0.1) is 5.92 Å². The number of primary amides is 1. The van der Waals surface area contributed by atoms with E-state index in [0.29, 0.717) is 11.3 Å². The van der Waals surface area contributed by atoms with Gasteiger partial charge in [0.25, 0.3) is 0 Å². The van der Waals surface area contributed by atoms with Crippen LogP contribution < -0.4 is 11.5 Å². The number of carbonyl (C=O) groups excluding carboxylic acids is 2. The van der Waals surface area contributed by atoms with E-state index in [2.05, 4.69) is 0 Å². The maximum absolute atomic E-state index is 11.7. The molecule has 6 nitrogen and oxygen atoms in total. The van der Waals surface area contributed by atoms with E-state index in [1.807, 2.05) is 0 Å². The number of hydrogen-bond acceptors (Lipinski definition) is 5. The van der Waals surface area contributed by atoms with E-state index in [4.69, 9.17) is 20.6 Å². The molecular formula is C13H14N2O4. The number of nitrogen functional groups attached to an aromatic ring is 1. The molecule has 0 saturated carbocycles. The molecule has 0 saturated heterocycles. The monoisotopic (exact) mass is 262 g/mol. The lowest BCUT2D eigenvalue weighted by Crippen LogP contribution is -2.25. The molecule has 2 aromatic rings. The average molecular weight is 262 g/mol. The lowest BCUT2D eigenvalue weighted by atomic mass is 10.2. The predicted octanol–water partition coefficient (Wildman–Crippen LogP) is 1.29. The Morgan fingerprint density at radius 3 is 2.79 bits per heavy atom. The van der Waals surface area contributed by atoms with E-state index in [9.17, 15) is 9.59 Å². The largest absolute Gasteiger partial charge is 0.459 e. The Kier molecular flexibility index (Phi) is 3.41. The third kappa shape index (κ3) is 2.85. The van der Waals surface area contributed by atoms with Crippen molar-refractivity contribution in [3.8, 4) is 0 Å². The molecule has 1 aromatic heterocycles. The zero-order valence-electron chi connectivity index (χ0n) is 10.4. The molecule has 0 radical (unpaired) electrons. The number of carbonyl (C=O) groups is 2. The van der Waals surface area contributed by atoms with Crippen molar-refractivity contribution in [1.82, 2.24) is 0 Å². The molecular weight excluding hydrogens is 248 g/mol. The van der Waals surface area contributed by atoms with Gasteiger partial charge in [-0.25, -0.2) is 4.79 Å². The number of amides is 1. The van der Waals surface area contributed by atoms with Gasteiger partial charge in [0.2, 0.25) is 11.7 Å². The standard InChI is InChI=1S/C13H14N2O4/c1-7(12(15)16)6-18-13(17)11-5-8-4-9(14)2-3-10(8)19-11/h2-5,7H,6,14H2,1H3,(H2,15,16). The fraction of sp³-hybridized carbons (Fsp3) is 0.231. The van der Waals surface area contributed by atoms with E-state index in [-0.39, 0.29) is 12.4 Å². The second-order valence-electron chi connectivity index (χ2n) is 4.31. The van der Waals surface area contributed by atoms with E-state index in [0.717, 1.165) is 5.39 Å². The number of furan rings is 1. The summed E-state index contributed by atoms with van der Waals surface area (Å²) < 4.78 is 10.3. The molecule has 4 N–H and O–H groups in total. The first-order valence-corrected chi connectivity index (χ1v) is 5.73. The molecule has 2 rings (SSSR count). The van der Waals surface area contributed by atoms with Gasteiger partial charge in [-0.3, -0.25) is 4.79 Å². The smallest absolute Gasteiger partial charge is 0.374 e. The number of esters is 1. The molecule has 0 aliphatic heterocycles. The fourth-order valence-electron chi connectivity index (χ4n) is 1.52. The Balaban J connectivity index is 2.11. The van der Waals surface area contributed by atoms with Crippen molar-refractivity contribution in [2.75, 3.05) is 12.3 Å². The van der Waals surface area contributed by atoms with E-state index < -0.39 is 17.8 Å². The molecule has 1 amide bonds. The Hall–Kier alpha value is -2.50. The highest BCUT2D eigenvalue weighted by Crippen LogP contribution is 2.22. The van der Waals surface area contributed by atoms with Crippen LogP contribution in [-0.4, -0.2) is 18.5 Å². The van der Waals surface area contributed by atoms with Crippen LogP contribution >= 0.6 is 0 Å². The Bertz CT molecular complexity index is 633. The zero-order chi connectivity index (χ0) is 14.0. The van der Waals surface area contributed by atoms with Crippen LogP contribution in [0.15, 0.2) is 28.7 Å². The molecule has 100 valence electrons. The lowest BCUT2D eigenvalue weighted by Gasteiger charge is -2.06. The number of ether oxygens (including phenoxy) is 1. The highest BCUT2D eigenvalue weighted by molar-refractivity contribution is 5.93. The minimum absolute atomic E-state index is 0.0669. The molecule has 1 unspecified atom stereocenters. The average Bonchev–Trinajstić information content (AvgIpc) is 2.78. The lowest BCUT2D eigenvalue weighted by molar-refractivity contribution is -0.122. The van der Waals surface area contributed by atoms with E-state index >= 15 is 0 Å². The summed E-state index contributed by atoms with van der Waals surface area (Å²) >= 11 is 0. The fourth-order valence-corrected chi connectivity index (χ4v) is 1.52. The van der Waals surface area contributed by atoms with Crippen molar-refractivity contribution in [3.05, 3.63) is 30.0 Å². The molecule has 1 aromatic carbocycles. The first-order chi connectivity index (χ1) is 8.97. The number of rotatable bonds is 4. The number of fused-ring (bicyclic) bond motifs is 1. The molecule has 1 atom stereocenters. The molecule has 0 aliphatic carbocycles. The van der Waals surface area contributed by atoms with Crippen molar-refractivity contribution in [3.63, 3.8) is 0 Å². The van der Waals surface area contributed by atoms with Gasteiger partial charge in [-0.1, -0.05) is 6.92 Å². The Morgan fingerprint density at radius 1 is 1.37 bits per heavy atom. The minimum atomic E-state index is -0.636. The number of nitrogens with two attached hydrogens (primary N) is 2. The van der Waals surface area contributed by atoms with Gasteiger partial charge in [0.1, 0.15) is 12.2 Å². The van der Waals surface area contributed by atoms with Crippen LogP contribution in [0.1, 0.15) is 17.5 Å². The summed E-state index contributed by atoms with van der Waals surface area (Å²) in [7, 11) is 0. The molecule has 0 spiro atoms. The van der Waals surface area contributed by atoms with Crippen LogP contribution in [-0.2, 0) is 9.53 Å². The Morgan fingerprint density at radius 2 is 2.11 bits per heavy atom. The van der Waals surface area contributed by atoms with Gasteiger partial charge in [-0.2, -0.15) is 0 Å². The third-order valence-electron chi connectivity index (χ3n) is 2.69. The van der Waals surface area contributed by atoms with Gasteiger partial charge in [0.05, 0.1) is 5.92 Å². The van der Waals surface area contributed by atoms with Gasteiger partial charge in [-0.05, 0) is 24.3 Å². The van der Waals surface area contributed by atoms with Crippen LogP contribution in [0.2, 0.25) is 0 Å². The number of hydrogen-bond donors (Lipinski definition) is 2. The number of anilines is 1. The summed E-state index contributed by atoms with van der Waals surface area (Å²) in [6.45, 7) is 1.50. The summed E-state index contributed by atoms with van der Waals surface area (Å²) in [6.07, 6.45) is 0. The second kappa shape index (κ2) is 5.01. The SMILES string of the molecule is CC(COC(=O)c1cc2cc(N)ccc2o1)C(N)=O. The maximum Gasteiger partial charge on any atom is 0.374 e. The first-order valence-electron chi connectivity index (χ1n) is 5.73. The maximum atomic E-state index is 11.7. The predicted molar refractivity (Wildman–Crippen MR) is 69.3 cm³/mol. The molecule has 0 bridgehead atoms. The zero-order valence-corrected chi connectivity index (χ0v) is 10.4. The van der Waals surface area contributed by atoms with E-state index in [1.165, 1.54) is 0 Å². The normalized spacial score (nSPS) is 12.3. The van der Waals surface area contributed by atoms with Crippen LogP contribution in [0.4, 0.5) is 5.69 Å². The molecule has 1 heterocycles. The van der Waals surface area contributed by atoms with Gasteiger partial charge in [0.15, 0.2) is 0 Å². The highest BCUT2D eigenvalue weighted by atomic mass is 16.5. The minimum Gasteiger partial charge on any atom is -0.459 e. The van der Waals surface area contributed by atoms with Crippen molar-refractivity contribution in [1.29, 1.82) is 0 Å². The summed E-state index contributed by atoms with van der Waals surface area (Å²) in [4.78, 5) is 22.5. The van der Waals surface area contributed by atoms with Crippen LogP contribution in [0.3, 0.4) is 0 Å². The van der Waals surface area contributed by atoms with Crippen LogP contribution in [0.5, 0.6) is 0 Å². The second-order valence-corrected chi connectivity index (χ2v) is 4.31. The summed E-state index contributed by atoms with van der Waals surface area (Å²) in [5.74, 6) is -1.63. The van der Waals surface area contributed by atoms with Crippen molar-refractivity contribution in [2.45, 2.75) is 6.92 Å². The van der Waals surface area contributed by atoms with Crippen molar-refractivity contribution >= 4 is 28.5 Å². The molecule has 0 fully saturated rings. The highest BCUT2D eigenvalue weighted by Gasteiger charge is 2.17. The topological polar surface area (TPSA) is 109 Å². The van der Waals surface area contributed by atoms with Gasteiger partial charge >= 0.3 is 5.97 Å². The van der Waals surface area contributed by atoms with Crippen LogP contribution in [0.25, 0.3) is 11.0 Å². The third-order valence-corrected chi connectivity index (χ3v) is 2.69. The molecule has 6 heteroatoms. The molecule has 19 heavy (non-hydrogen) atoms. The molecule has 0 aliphatic rings. The van der Waals surface area contributed by atoms with Gasteiger partial charge in [0, 0.05) is 11.1 Å². The van der Waals surface area contributed by atoms with Gasteiger partial charge in [-0.15, -0.1) is 0 Å². The number of benzene rings is 1. The van der Waals surface area contributed by atoms with Crippen molar-refractivity contribution in [2.24, 2.45) is 11.7 Å². The first kappa shape index (κ1) is 12.9. The summed E-state index contributed by atoms with van der Waals surface area (Å²) in [5.41, 5.74) is 11.8.